The van der Waals surface area contributed by atoms with Crippen molar-refractivity contribution in [2.24, 2.45) is 0 Å². The average Bonchev–Trinajstić information content (AvgIpc) is 2.81. The van der Waals surface area contributed by atoms with Gasteiger partial charge in [-0.1, -0.05) is 0 Å². The minimum absolute atomic E-state index is 0.288. The van der Waals surface area contributed by atoms with Crippen molar-refractivity contribution < 1.29 is 23.9 Å². The fraction of sp³-hybridized carbons (Fsp3) is 0.429. The van der Waals surface area contributed by atoms with Gasteiger partial charge in [0.2, 0.25) is 0 Å². The van der Waals surface area contributed by atoms with E-state index in [1.165, 1.54) is 12.2 Å². The molecule has 2 aliphatic rings. The van der Waals surface area contributed by atoms with Crippen molar-refractivity contribution in [3.05, 3.63) is 23.3 Å². The van der Waals surface area contributed by atoms with Crippen molar-refractivity contribution >= 4 is 23.6 Å². The lowest BCUT2D eigenvalue weighted by Crippen LogP contribution is -2.25. The van der Waals surface area contributed by atoms with Gasteiger partial charge in [-0.3, -0.25) is 29.8 Å². The highest BCUT2D eigenvalue weighted by Crippen LogP contribution is 2.18. The van der Waals surface area contributed by atoms with Crippen LogP contribution in [0.25, 0.3) is 0 Å². The van der Waals surface area contributed by atoms with Gasteiger partial charge in [-0.05, 0) is 13.8 Å². The van der Waals surface area contributed by atoms with Crippen molar-refractivity contribution in [3.63, 3.8) is 0 Å². The summed E-state index contributed by atoms with van der Waals surface area (Å²) in [5, 5.41) is 4.34. The van der Waals surface area contributed by atoms with E-state index in [0.717, 1.165) is 0 Å². The SMILES string of the molecule is CC(CC1=CC(=O)NC1=O)OC(C)CC1=CC(=O)NC1=O. The summed E-state index contributed by atoms with van der Waals surface area (Å²) < 4.78 is 5.68. The summed E-state index contributed by atoms with van der Waals surface area (Å²) in [4.78, 5) is 44.9. The number of hydrogen-bond donors (Lipinski definition) is 2. The molecule has 0 saturated carbocycles. The van der Waals surface area contributed by atoms with Crippen LogP contribution in [-0.2, 0) is 23.9 Å². The van der Waals surface area contributed by atoms with Gasteiger partial charge >= 0.3 is 0 Å². The van der Waals surface area contributed by atoms with Crippen molar-refractivity contribution in [1.29, 1.82) is 0 Å². The average molecular weight is 292 g/mol. The molecular formula is C14H16N2O5. The minimum atomic E-state index is -0.415. The maximum Gasteiger partial charge on any atom is 0.254 e. The molecule has 0 aromatic heterocycles. The molecule has 4 amide bonds. The van der Waals surface area contributed by atoms with Crippen LogP contribution in [0.3, 0.4) is 0 Å². The summed E-state index contributed by atoms with van der Waals surface area (Å²) in [6.07, 6.45) is 2.57. The molecule has 7 heteroatoms. The molecule has 0 bridgehead atoms. The predicted octanol–water partition coefficient (Wildman–Crippen LogP) is -0.274. The smallest absolute Gasteiger partial charge is 0.254 e. The Labute approximate surface area is 121 Å². The zero-order valence-corrected chi connectivity index (χ0v) is 11.8. The van der Waals surface area contributed by atoms with Gasteiger partial charge in [0, 0.05) is 36.1 Å². The van der Waals surface area contributed by atoms with Crippen LogP contribution in [0.4, 0.5) is 0 Å². The van der Waals surface area contributed by atoms with Crippen LogP contribution in [0.1, 0.15) is 26.7 Å². The molecule has 0 aromatic rings. The molecule has 2 atom stereocenters. The summed E-state index contributed by atoms with van der Waals surface area (Å²) in [7, 11) is 0. The highest BCUT2D eigenvalue weighted by molar-refractivity contribution is 6.16. The molecule has 112 valence electrons. The molecule has 0 spiro atoms. The van der Waals surface area contributed by atoms with Crippen LogP contribution >= 0.6 is 0 Å². The third-order valence-electron chi connectivity index (χ3n) is 3.15. The topological polar surface area (TPSA) is 102 Å². The summed E-state index contributed by atoms with van der Waals surface area (Å²) in [5.41, 5.74) is 0.764. The number of rotatable bonds is 6. The number of nitrogens with one attached hydrogen (secondary N) is 2. The lowest BCUT2D eigenvalue weighted by Gasteiger charge is -2.19. The zero-order valence-electron chi connectivity index (χ0n) is 11.8. The summed E-state index contributed by atoms with van der Waals surface area (Å²) in [5.74, 6) is -1.62. The number of imide groups is 2. The lowest BCUT2D eigenvalue weighted by atomic mass is 10.1. The van der Waals surface area contributed by atoms with Crippen molar-refractivity contribution in [2.75, 3.05) is 0 Å². The fourth-order valence-corrected chi connectivity index (χ4v) is 2.32. The largest absolute Gasteiger partial charge is 0.375 e. The first-order chi connectivity index (χ1) is 9.85. The normalized spacial score (nSPS) is 20.9. The molecule has 2 aliphatic heterocycles. The Bertz CT molecular complexity index is 526. The Kier molecular flexibility index (Phi) is 4.32. The third kappa shape index (κ3) is 3.85. The number of ether oxygens (including phenoxy) is 1. The second kappa shape index (κ2) is 6.01. The van der Waals surface area contributed by atoms with E-state index in [0.29, 0.717) is 24.0 Å². The predicted molar refractivity (Wildman–Crippen MR) is 71.7 cm³/mol. The molecule has 0 saturated heterocycles. The van der Waals surface area contributed by atoms with Crippen LogP contribution in [0.5, 0.6) is 0 Å². The van der Waals surface area contributed by atoms with E-state index >= 15 is 0 Å². The highest BCUT2D eigenvalue weighted by Gasteiger charge is 2.25. The first-order valence-electron chi connectivity index (χ1n) is 6.62. The van der Waals surface area contributed by atoms with E-state index in [4.69, 9.17) is 4.74 Å². The van der Waals surface area contributed by atoms with Crippen LogP contribution in [0.2, 0.25) is 0 Å². The number of amides is 4. The second-order valence-corrected chi connectivity index (χ2v) is 5.14. The Balaban J connectivity index is 1.84. The maximum absolute atomic E-state index is 11.4. The standard InChI is InChI=1S/C14H16N2O5/c1-7(3-9-5-11(17)15-13(9)19)21-8(2)4-10-6-12(18)16-14(10)20/h5-8H,3-4H2,1-2H3,(H,15,17,19)(H,16,18,20). The van der Waals surface area contributed by atoms with Gasteiger partial charge in [-0.25, -0.2) is 0 Å². The quantitative estimate of drug-likeness (QED) is 0.656. The first-order valence-corrected chi connectivity index (χ1v) is 6.62. The van der Waals surface area contributed by atoms with Gasteiger partial charge in [0.15, 0.2) is 0 Å². The van der Waals surface area contributed by atoms with Gasteiger partial charge in [0.05, 0.1) is 12.2 Å². The van der Waals surface area contributed by atoms with Crippen LogP contribution in [0.15, 0.2) is 23.3 Å². The molecule has 0 aliphatic carbocycles. The third-order valence-corrected chi connectivity index (χ3v) is 3.15. The molecule has 7 nitrogen and oxygen atoms in total. The van der Waals surface area contributed by atoms with Crippen LogP contribution < -0.4 is 10.6 Å². The van der Waals surface area contributed by atoms with Crippen LogP contribution in [0, 0.1) is 0 Å². The van der Waals surface area contributed by atoms with Gasteiger partial charge in [0.1, 0.15) is 0 Å². The van der Waals surface area contributed by atoms with E-state index < -0.39 is 23.6 Å². The number of carbonyl (C=O) groups is 4. The van der Waals surface area contributed by atoms with Gasteiger partial charge in [0.25, 0.3) is 23.6 Å². The van der Waals surface area contributed by atoms with Gasteiger partial charge in [-0.2, -0.15) is 0 Å². The molecule has 0 fully saturated rings. The van der Waals surface area contributed by atoms with Crippen molar-refractivity contribution in [2.45, 2.75) is 38.9 Å². The molecule has 0 radical (unpaired) electrons. The monoisotopic (exact) mass is 292 g/mol. The molecule has 2 unspecified atom stereocenters. The summed E-state index contributed by atoms with van der Waals surface area (Å²) >= 11 is 0. The zero-order chi connectivity index (χ0) is 15.6. The molecular weight excluding hydrogens is 276 g/mol. The Morgan fingerprint density at radius 2 is 1.24 bits per heavy atom. The van der Waals surface area contributed by atoms with Crippen molar-refractivity contribution in [3.8, 4) is 0 Å². The lowest BCUT2D eigenvalue weighted by molar-refractivity contribution is -0.125. The van der Waals surface area contributed by atoms with E-state index in [9.17, 15) is 19.2 Å². The Hall–Kier alpha value is -2.28. The minimum Gasteiger partial charge on any atom is -0.375 e. The number of carbonyl (C=O) groups excluding carboxylic acids is 4. The van der Waals surface area contributed by atoms with Crippen LogP contribution in [-0.4, -0.2) is 35.8 Å². The first kappa shape index (κ1) is 15.1. The summed E-state index contributed by atoms with van der Waals surface area (Å²) in [6.45, 7) is 3.56. The maximum atomic E-state index is 11.4. The molecule has 21 heavy (non-hydrogen) atoms. The summed E-state index contributed by atoms with van der Waals surface area (Å²) in [6, 6.07) is 0. The molecule has 0 aromatic carbocycles. The van der Waals surface area contributed by atoms with E-state index in [1.54, 1.807) is 13.8 Å². The molecule has 2 heterocycles. The molecule has 2 N–H and O–H groups in total. The van der Waals surface area contributed by atoms with E-state index in [1.807, 2.05) is 0 Å². The Morgan fingerprint density at radius 1 is 0.857 bits per heavy atom. The van der Waals surface area contributed by atoms with Gasteiger partial charge in [-0.15, -0.1) is 0 Å². The number of hydrogen-bond acceptors (Lipinski definition) is 5. The van der Waals surface area contributed by atoms with E-state index in [-0.39, 0.29) is 12.2 Å². The van der Waals surface area contributed by atoms with Crippen molar-refractivity contribution in [1.82, 2.24) is 10.6 Å². The molecule has 2 rings (SSSR count). The van der Waals surface area contributed by atoms with E-state index in [2.05, 4.69) is 10.6 Å². The van der Waals surface area contributed by atoms with Gasteiger partial charge < -0.3 is 4.74 Å². The Morgan fingerprint density at radius 3 is 1.52 bits per heavy atom. The second-order valence-electron chi connectivity index (χ2n) is 5.14. The highest BCUT2D eigenvalue weighted by atomic mass is 16.5. The fourth-order valence-electron chi connectivity index (χ4n) is 2.32.